The minimum atomic E-state index is -0.643. The molecule has 2 aromatic rings. The van der Waals surface area contributed by atoms with Crippen molar-refractivity contribution in [1.29, 1.82) is 0 Å². The maximum atomic E-state index is 11.5. The van der Waals surface area contributed by atoms with Crippen LogP contribution in [0.15, 0.2) is 28.9 Å². The number of carbonyl (C=O) groups is 1. The highest BCUT2D eigenvalue weighted by atomic mass is 35.5. The number of nitrogens with two attached hydrogens (primary N) is 1. The van der Waals surface area contributed by atoms with Crippen molar-refractivity contribution in [2.24, 2.45) is 0 Å². The number of nitrogen functional groups attached to an aromatic ring is 1. The number of anilines is 1. The summed E-state index contributed by atoms with van der Waals surface area (Å²) in [5.74, 6) is -0.145. The summed E-state index contributed by atoms with van der Waals surface area (Å²) in [6.45, 7) is 0. The zero-order valence-electron chi connectivity index (χ0n) is 8.94. The van der Waals surface area contributed by atoms with E-state index in [0.717, 1.165) is 0 Å². The number of methoxy groups -OCH3 is 1. The van der Waals surface area contributed by atoms with Crippen LogP contribution in [0.1, 0.15) is 10.5 Å². The van der Waals surface area contributed by atoms with E-state index < -0.39 is 5.97 Å². The Labute approximate surface area is 102 Å². The van der Waals surface area contributed by atoms with E-state index in [0.29, 0.717) is 11.5 Å². The highest BCUT2D eigenvalue weighted by molar-refractivity contribution is 6.35. The van der Waals surface area contributed by atoms with E-state index in [-0.39, 0.29) is 16.4 Å². The number of halogens is 1. The third kappa shape index (κ3) is 2.09. The molecule has 0 bridgehead atoms. The molecule has 0 aliphatic rings. The fourth-order valence-corrected chi connectivity index (χ4v) is 1.51. The number of pyridine rings is 1. The molecule has 0 radical (unpaired) electrons. The Bertz CT molecular complexity index is 552. The Kier molecular flexibility index (Phi) is 3.01. The summed E-state index contributed by atoms with van der Waals surface area (Å²) in [5, 5.41) is 0.0761. The van der Waals surface area contributed by atoms with E-state index in [1.807, 2.05) is 0 Å². The average molecular weight is 253 g/mol. The van der Waals surface area contributed by atoms with Gasteiger partial charge >= 0.3 is 5.97 Å². The minimum Gasteiger partial charge on any atom is -0.464 e. The van der Waals surface area contributed by atoms with Gasteiger partial charge in [-0.2, -0.15) is 0 Å². The van der Waals surface area contributed by atoms with Gasteiger partial charge in [-0.3, -0.25) is 0 Å². The van der Waals surface area contributed by atoms with Crippen LogP contribution in [-0.4, -0.2) is 18.1 Å². The molecule has 0 saturated carbocycles. The van der Waals surface area contributed by atoms with E-state index in [2.05, 4.69) is 9.72 Å². The zero-order valence-corrected chi connectivity index (χ0v) is 9.69. The standard InChI is InChI=1S/C11H9ClN2O3/c1-16-11(15)10-9(12)6(13)5-7(14-10)8-3-2-4-17-8/h2-5H,1H3,(H2,13,14). The molecule has 0 aliphatic heterocycles. The predicted octanol–water partition coefficient (Wildman–Crippen LogP) is 2.36. The van der Waals surface area contributed by atoms with E-state index in [1.54, 1.807) is 12.1 Å². The van der Waals surface area contributed by atoms with Crippen molar-refractivity contribution in [3.8, 4) is 11.5 Å². The van der Waals surface area contributed by atoms with Gasteiger partial charge in [0.2, 0.25) is 0 Å². The number of ether oxygens (including phenoxy) is 1. The lowest BCUT2D eigenvalue weighted by Gasteiger charge is -2.06. The van der Waals surface area contributed by atoms with E-state index in [9.17, 15) is 4.79 Å². The first-order chi connectivity index (χ1) is 8.13. The number of furan rings is 1. The molecule has 2 heterocycles. The van der Waals surface area contributed by atoms with Crippen molar-refractivity contribution in [3.05, 3.63) is 35.2 Å². The number of aromatic nitrogens is 1. The van der Waals surface area contributed by atoms with Gasteiger partial charge in [0, 0.05) is 0 Å². The predicted molar refractivity (Wildman–Crippen MR) is 62.7 cm³/mol. The fraction of sp³-hybridized carbons (Fsp3) is 0.0909. The molecule has 6 heteroatoms. The van der Waals surface area contributed by atoms with E-state index in [4.69, 9.17) is 21.8 Å². The number of rotatable bonds is 2. The topological polar surface area (TPSA) is 78.3 Å². The Morgan fingerprint density at radius 1 is 1.59 bits per heavy atom. The number of hydrogen-bond donors (Lipinski definition) is 1. The fourth-order valence-electron chi connectivity index (χ4n) is 1.33. The van der Waals surface area contributed by atoms with Crippen LogP contribution in [0.25, 0.3) is 11.5 Å². The largest absolute Gasteiger partial charge is 0.464 e. The quantitative estimate of drug-likeness (QED) is 0.830. The normalized spacial score (nSPS) is 10.2. The molecule has 0 atom stereocenters. The Hall–Kier alpha value is -2.01. The number of carbonyl (C=O) groups excluding carboxylic acids is 1. The molecule has 2 N–H and O–H groups in total. The summed E-state index contributed by atoms with van der Waals surface area (Å²) >= 11 is 5.88. The van der Waals surface area contributed by atoms with E-state index >= 15 is 0 Å². The molecule has 2 rings (SSSR count). The van der Waals surface area contributed by atoms with Gasteiger partial charge in [-0.15, -0.1) is 0 Å². The van der Waals surface area contributed by atoms with Gasteiger partial charge in [0.05, 0.1) is 24.1 Å². The van der Waals surface area contributed by atoms with Crippen molar-refractivity contribution >= 4 is 23.3 Å². The third-order valence-corrected chi connectivity index (χ3v) is 2.54. The second-order valence-electron chi connectivity index (χ2n) is 3.23. The summed E-state index contributed by atoms with van der Waals surface area (Å²) in [6, 6.07) is 4.95. The lowest BCUT2D eigenvalue weighted by molar-refractivity contribution is 0.0594. The molecular formula is C11H9ClN2O3. The van der Waals surface area contributed by atoms with Crippen LogP contribution in [0.2, 0.25) is 5.02 Å². The van der Waals surface area contributed by atoms with Crippen LogP contribution in [0.5, 0.6) is 0 Å². The lowest BCUT2D eigenvalue weighted by Crippen LogP contribution is -2.07. The molecule has 0 aliphatic carbocycles. The molecule has 2 aromatic heterocycles. The van der Waals surface area contributed by atoms with Crippen LogP contribution in [0.4, 0.5) is 5.69 Å². The number of hydrogen-bond acceptors (Lipinski definition) is 5. The Morgan fingerprint density at radius 2 is 2.35 bits per heavy atom. The van der Waals surface area contributed by atoms with Crippen LogP contribution in [0, 0.1) is 0 Å². The first-order valence-electron chi connectivity index (χ1n) is 4.71. The van der Waals surface area contributed by atoms with Crippen LogP contribution in [-0.2, 0) is 4.74 Å². The van der Waals surface area contributed by atoms with Gasteiger partial charge in [0.15, 0.2) is 11.5 Å². The molecule has 0 amide bonds. The van der Waals surface area contributed by atoms with Crippen LogP contribution in [0.3, 0.4) is 0 Å². The second kappa shape index (κ2) is 4.47. The van der Waals surface area contributed by atoms with Crippen molar-refractivity contribution in [2.75, 3.05) is 12.8 Å². The highest BCUT2D eigenvalue weighted by Gasteiger charge is 2.18. The highest BCUT2D eigenvalue weighted by Crippen LogP contribution is 2.28. The minimum absolute atomic E-state index is 0.0273. The Balaban J connectivity index is 2.57. The summed E-state index contributed by atoms with van der Waals surface area (Å²) in [5.41, 5.74) is 6.34. The van der Waals surface area contributed by atoms with Gasteiger partial charge in [0.25, 0.3) is 0 Å². The first kappa shape index (κ1) is 11.5. The van der Waals surface area contributed by atoms with Crippen molar-refractivity contribution in [2.45, 2.75) is 0 Å². The van der Waals surface area contributed by atoms with Gasteiger partial charge in [0.1, 0.15) is 5.69 Å². The molecule has 0 saturated heterocycles. The van der Waals surface area contributed by atoms with E-state index in [1.165, 1.54) is 19.4 Å². The number of nitrogens with zero attached hydrogens (tertiary/aromatic N) is 1. The van der Waals surface area contributed by atoms with Gasteiger partial charge in [-0.25, -0.2) is 9.78 Å². The average Bonchev–Trinajstić information content (AvgIpc) is 2.85. The molecule has 0 unspecified atom stereocenters. The third-order valence-electron chi connectivity index (χ3n) is 2.14. The molecule has 0 aromatic carbocycles. The summed E-state index contributed by atoms with van der Waals surface area (Å²) in [4.78, 5) is 15.5. The van der Waals surface area contributed by atoms with Crippen molar-refractivity contribution < 1.29 is 13.9 Å². The maximum Gasteiger partial charge on any atom is 0.358 e. The maximum absolute atomic E-state index is 11.5. The van der Waals surface area contributed by atoms with Crippen LogP contribution >= 0.6 is 11.6 Å². The molecule has 0 fully saturated rings. The molecular weight excluding hydrogens is 244 g/mol. The van der Waals surface area contributed by atoms with Gasteiger partial charge < -0.3 is 14.9 Å². The summed E-state index contributed by atoms with van der Waals surface area (Å²) < 4.78 is 9.74. The Morgan fingerprint density at radius 3 is 2.94 bits per heavy atom. The molecule has 88 valence electrons. The number of esters is 1. The smallest absolute Gasteiger partial charge is 0.358 e. The first-order valence-corrected chi connectivity index (χ1v) is 5.09. The van der Waals surface area contributed by atoms with Crippen LogP contribution < -0.4 is 5.73 Å². The van der Waals surface area contributed by atoms with Crippen molar-refractivity contribution in [1.82, 2.24) is 4.98 Å². The van der Waals surface area contributed by atoms with Crippen molar-refractivity contribution in [3.63, 3.8) is 0 Å². The molecule has 0 spiro atoms. The summed E-state index contributed by atoms with van der Waals surface area (Å²) in [7, 11) is 1.25. The summed E-state index contributed by atoms with van der Waals surface area (Å²) in [6.07, 6.45) is 1.50. The second-order valence-corrected chi connectivity index (χ2v) is 3.61. The van der Waals surface area contributed by atoms with Gasteiger partial charge in [-0.05, 0) is 18.2 Å². The molecule has 5 nitrogen and oxygen atoms in total. The zero-order chi connectivity index (χ0) is 12.4. The molecule has 17 heavy (non-hydrogen) atoms. The van der Waals surface area contributed by atoms with Gasteiger partial charge in [-0.1, -0.05) is 11.6 Å². The monoisotopic (exact) mass is 252 g/mol. The SMILES string of the molecule is COC(=O)c1nc(-c2ccco2)cc(N)c1Cl. The lowest BCUT2D eigenvalue weighted by atomic mass is 10.2.